The fraction of sp³-hybridized carbons (Fsp3) is 0.550. The van der Waals surface area contributed by atoms with Crippen molar-refractivity contribution in [2.45, 2.75) is 50.0 Å². The van der Waals surface area contributed by atoms with E-state index in [0.29, 0.717) is 12.5 Å². The van der Waals surface area contributed by atoms with Crippen LogP contribution >= 0.6 is 11.3 Å². The van der Waals surface area contributed by atoms with Gasteiger partial charge in [0.15, 0.2) is 6.54 Å². The number of fused-ring (bicyclic) bond motifs is 1. The third-order valence-electron chi connectivity index (χ3n) is 5.81. The molecule has 26 heavy (non-hydrogen) atoms. The van der Waals surface area contributed by atoms with Crippen LogP contribution in [0, 0.1) is 11.3 Å². The van der Waals surface area contributed by atoms with E-state index in [4.69, 9.17) is 4.98 Å². The van der Waals surface area contributed by atoms with E-state index in [-0.39, 0.29) is 5.91 Å². The zero-order chi connectivity index (χ0) is 18.0. The molecule has 136 valence electrons. The normalized spacial score (nSPS) is 25.0. The predicted octanol–water partition coefficient (Wildman–Crippen LogP) is 2.01. The molecule has 2 fully saturated rings. The van der Waals surface area contributed by atoms with Gasteiger partial charge in [0.1, 0.15) is 5.54 Å². The number of hydrogen-bond acceptors (Lipinski definition) is 4. The molecule has 1 saturated carbocycles. The smallest absolute Gasteiger partial charge is 0.276 e. The first-order valence-corrected chi connectivity index (χ1v) is 10.4. The molecular weight excluding hydrogens is 344 g/mol. The van der Waals surface area contributed by atoms with Crippen molar-refractivity contribution in [2.24, 2.45) is 0 Å². The third-order valence-corrected chi connectivity index (χ3v) is 7.01. The Labute approximate surface area is 158 Å². The van der Waals surface area contributed by atoms with Crippen molar-refractivity contribution in [3.8, 4) is 6.07 Å². The summed E-state index contributed by atoms with van der Waals surface area (Å²) < 4.78 is 1.26. The number of nitrogens with zero attached hydrogens (tertiary/aromatic N) is 2. The number of carbonyl (C=O) groups is 1. The maximum absolute atomic E-state index is 12.4. The second kappa shape index (κ2) is 7.34. The molecule has 1 amide bonds. The van der Waals surface area contributed by atoms with E-state index >= 15 is 0 Å². The quantitative estimate of drug-likeness (QED) is 0.866. The summed E-state index contributed by atoms with van der Waals surface area (Å²) in [4.78, 5) is 18.5. The number of carbonyl (C=O) groups excluding carboxylic acids is 1. The minimum Gasteiger partial charge on any atom is -0.333 e. The van der Waals surface area contributed by atoms with Gasteiger partial charge in [-0.25, -0.2) is 4.98 Å². The molecule has 0 spiro atoms. The van der Waals surface area contributed by atoms with Crippen molar-refractivity contribution in [3.05, 3.63) is 29.3 Å². The first kappa shape index (κ1) is 17.4. The van der Waals surface area contributed by atoms with E-state index in [9.17, 15) is 10.1 Å². The number of benzene rings is 1. The molecule has 4 rings (SSSR count). The molecule has 1 aliphatic carbocycles. The van der Waals surface area contributed by atoms with Crippen molar-refractivity contribution < 1.29 is 9.69 Å². The predicted molar refractivity (Wildman–Crippen MR) is 102 cm³/mol. The van der Waals surface area contributed by atoms with Gasteiger partial charge in [0, 0.05) is 18.8 Å². The van der Waals surface area contributed by atoms with Crippen LogP contribution in [0.2, 0.25) is 0 Å². The number of nitrogens with one attached hydrogen (secondary N) is 2. The van der Waals surface area contributed by atoms with E-state index in [0.717, 1.165) is 57.1 Å². The second-order valence-electron chi connectivity index (χ2n) is 7.67. The second-order valence-corrected chi connectivity index (χ2v) is 8.73. The van der Waals surface area contributed by atoms with Gasteiger partial charge in [0.05, 0.1) is 34.4 Å². The van der Waals surface area contributed by atoms with Crippen molar-refractivity contribution >= 4 is 27.5 Å². The number of rotatable bonds is 4. The number of aromatic nitrogens is 1. The van der Waals surface area contributed by atoms with Crippen molar-refractivity contribution in [3.63, 3.8) is 0 Å². The lowest BCUT2D eigenvalue weighted by molar-refractivity contribution is -0.897. The Morgan fingerprint density at radius 2 is 2.04 bits per heavy atom. The highest BCUT2D eigenvalue weighted by molar-refractivity contribution is 7.18. The fourth-order valence-corrected chi connectivity index (χ4v) is 5.43. The molecule has 0 unspecified atom stereocenters. The van der Waals surface area contributed by atoms with Gasteiger partial charge in [0.25, 0.3) is 5.91 Å². The summed E-state index contributed by atoms with van der Waals surface area (Å²) in [5, 5.41) is 13.7. The maximum atomic E-state index is 12.4. The van der Waals surface area contributed by atoms with Crippen LogP contribution in [0.15, 0.2) is 24.3 Å². The SMILES string of the molecule is N#CC1(NC(=O)C[NH+]2CCC(c3nc4ccccc4s3)CC2)CCCC1. The van der Waals surface area contributed by atoms with Gasteiger partial charge in [-0.15, -0.1) is 11.3 Å². The van der Waals surface area contributed by atoms with E-state index in [2.05, 4.69) is 29.6 Å². The lowest BCUT2D eigenvalue weighted by atomic mass is 9.97. The number of thiazole rings is 1. The first-order chi connectivity index (χ1) is 12.7. The van der Waals surface area contributed by atoms with E-state index < -0.39 is 5.54 Å². The molecule has 1 saturated heterocycles. The minimum atomic E-state index is -0.601. The molecule has 1 aromatic heterocycles. The lowest BCUT2D eigenvalue weighted by Crippen LogP contribution is -3.14. The molecule has 6 heteroatoms. The monoisotopic (exact) mass is 369 g/mol. The summed E-state index contributed by atoms with van der Waals surface area (Å²) >= 11 is 1.81. The zero-order valence-electron chi connectivity index (χ0n) is 15.0. The average molecular weight is 370 g/mol. The maximum Gasteiger partial charge on any atom is 0.276 e. The molecule has 2 heterocycles. The van der Waals surface area contributed by atoms with Crippen LogP contribution in [-0.4, -0.2) is 36.1 Å². The van der Waals surface area contributed by atoms with E-state index in [1.54, 1.807) is 11.3 Å². The van der Waals surface area contributed by atoms with Gasteiger partial charge in [-0.05, 0) is 37.8 Å². The summed E-state index contributed by atoms with van der Waals surface area (Å²) in [5.41, 5.74) is 0.496. The Kier molecular flexibility index (Phi) is 4.92. The van der Waals surface area contributed by atoms with Crippen molar-refractivity contribution in [1.29, 1.82) is 5.26 Å². The van der Waals surface area contributed by atoms with E-state index in [1.807, 2.05) is 6.07 Å². The molecule has 1 aromatic carbocycles. The van der Waals surface area contributed by atoms with Crippen LogP contribution in [0.5, 0.6) is 0 Å². The number of piperidine rings is 1. The molecule has 5 nitrogen and oxygen atoms in total. The highest BCUT2D eigenvalue weighted by Crippen LogP contribution is 2.31. The summed E-state index contributed by atoms with van der Waals surface area (Å²) in [6, 6.07) is 10.7. The van der Waals surface area contributed by atoms with Gasteiger partial charge in [-0.2, -0.15) is 5.26 Å². The van der Waals surface area contributed by atoms with Crippen LogP contribution in [0.4, 0.5) is 0 Å². The number of para-hydroxylation sites is 1. The standard InChI is InChI=1S/C20H24N4OS/c21-14-20(9-3-4-10-20)23-18(25)13-24-11-7-15(8-12-24)19-22-16-5-1-2-6-17(16)26-19/h1-2,5-6,15H,3-4,7-13H2,(H,23,25)/p+1. The zero-order valence-corrected chi connectivity index (χ0v) is 15.8. The Morgan fingerprint density at radius 1 is 1.31 bits per heavy atom. The topological polar surface area (TPSA) is 70.2 Å². The third kappa shape index (κ3) is 3.60. The Bertz CT molecular complexity index is 793. The molecule has 1 aliphatic heterocycles. The van der Waals surface area contributed by atoms with Crippen LogP contribution in [0.1, 0.15) is 49.5 Å². The first-order valence-electron chi connectivity index (χ1n) is 9.59. The largest absolute Gasteiger partial charge is 0.333 e. The molecular formula is C20H25N4OS+. The summed E-state index contributed by atoms with van der Waals surface area (Å²) in [5.74, 6) is 0.543. The number of nitriles is 1. The Hall–Kier alpha value is -1.97. The molecule has 2 aromatic rings. The highest BCUT2D eigenvalue weighted by Gasteiger charge is 2.36. The Morgan fingerprint density at radius 3 is 2.73 bits per heavy atom. The van der Waals surface area contributed by atoms with Crippen LogP contribution in [-0.2, 0) is 4.79 Å². The highest BCUT2D eigenvalue weighted by atomic mass is 32.1. The van der Waals surface area contributed by atoms with Crippen LogP contribution < -0.4 is 10.2 Å². The lowest BCUT2D eigenvalue weighted by Gasteiger charge is -2.29. The number of likely N-dealkylation sites (tertiary alicyclic amines) is 1. The van der Waals surface area contributed by atoms with Gasteiger partial charge in [0.2, 0.25) is 0 Å². The van der Waals surface area contributed by atoms with Gasteiger partial charge in [-0.3, -0.25) is 4.79 Å². The molecule has 0 bridgehead atoms. The van der Waals surface area contributed by atoms with Crippen LogP contribution in [0.3, 0.4) is 0 Å². The minimum absolute atomic E-state index is 0.0295. The van der Waals surface area contributed by atoms with Gasteiger partial charge < -0.3 is 10.2 Å². The number of hydrogen-bond donors (Lipinski definition) is 2. The molecule has 2 aliphatic rings. The summed E-state index contributed by atoms with van der Waals surface area (Å²) in [6.07, 6.45) is 5.81. The van der Waals surface area contributed by atoms with Crippen LogP contribution in [0.25, 0.3) is 10.2 Å². The number of amides is 1. The number of quaternary nitrogens is 1. The average Bonchev–Trinajstić information content (AvgIpc) is 3.29. The van der Waals surface area contributed by atoms with Crippen molar-refractivity contribution in [1.82, 2.24) is 10.3 Å². The van der Waals surface area contributed by atoms with Gasteiger partial charge in [-0.1, -0.05) is 12.1 Å². The fourth-order valence-electron chi connectivity index (χ4n) is 4.30. The van der Waals surface area contributed by atoms with Gasteiger partial charge >= 0.3 is 0 Å². The molecule has 0 atom stereocenters. The Balaban J connectivity index is 1.31. The molecule has 0 radical (unpaired) electrons. The van der Waals surface area contributed by atoms with Crippen molar-refractivity contribution in [2.75, 3.05) is 19.6 Å². The molecule has 2 N–H and O–H groups in total. The summed E-state index contributed by atoms with van der Waals surface area (Å²) in [7, 11) is 0. The van der Waals surface area contributed by atoms with E-state index in [1.165, 1.54) is 14.6 Å². The summed E-state index contributed by atoms with van der Waals surface area (Å²) in [6.45, 7) is 2.47.